The van der Waals surface area contributed by atoms with Crippen molar-refractivity contribution in [2.24, 2.45) is 0 Å². The number of hydrogen-bond acceptors (Lipinski definition) is 4. The minimum absolute atomic E-state index is 0.0189. The molecule has 100 valence electrons. The summed E-state index contributed by atoms with van der Waals surface area (Å²) in [6.45, 7) is 4.86. The molecule has 0 heterocycles. The van der Waals surface area contributed by atoms with E-state index < -0.39 is 15.1 Å². The molecule has 0 saturated carbocycles. The van der Waals surface area contributed by atoms with Crippen LogP contribution in [0.5, 0.6) is 5.75 Å². The minimum atomic E-state index is -3.09. The molecular weight excluding hydrogens is 252 g/mol. The number of hydrogen-bond donors (Lipinski definition) is 0. The second kappa shape index (κ2) is 6.00. The lowest BCUT2D eigenvalue weighted by Gasteiger charge is -2.09. The molecule has 18 heavy (non-hydrogen) atoms. The molecule has 0 unspecified atom stereocenters. The van der Waals surface area contributed by atoms with Crippen molar-refractivity contribution in [3.8, 4) is 5.75 Å². The zero-order valence-electron chi connectivity index (χ0n) is 10.8. The van der Waals surface area contributed by atoms with Gasteiger partial charge in [-0.1, -0.05) is 12.1 Å². The van der Waals surface area contributed by atoms with Gasteiger partial charge in [0.05, 0.1) is 11.0 Å². The third-order valence-electron chi connectivity index (χ3n) is 2.60. The van der Waals surface area contributed by atoms with Crippen LogP contribution in [0.1, 0.15) is 31.1 Å². The third-order valence-corrected chi connectivity index (χ3v) is 4.77. The van der Waals surface area contributed by atoms with Crippen LogP contribution in [0.25, 0.3) is 0 Å². The Kier molecular flexibility index (Phi) is 4.90. The van der Waals surface area contributed by atoms with Gasteiger partial charge in [-0.2, -0.15) is 0 Å². The summed E-state index contributed by atoms with van der Waals surface area (Å²) in [4.78, 5) is 11.2. The fraction of sp³-hybridized carbons (Fsp3) is 0.462. The molecule has 1 aromatic carbocycles. The molecule has 5 heteroatoms. The molecule has 0 aliphatic heterocycles. The molecule has 0 N–H and O–H groups in total. The van der Waals surface area contributed by atoms with Crippen molar-refractivity contribution in [3.63, 3.8) is 0 Å². The van der Waals surface area contributed by atoms with Crippen LogP contribution in [0.2, 0.25) is 0 Å². The quantitative estimate of drug-likeness (QED) is 0.743. The standard InChI is InChI=1S/C13H18O4S/c1-10(2)18(15,16)8-7-17-13-6-4-5-12(9-13)11(3)14/h4-6,9-10H,7-8H2,1-3H3. The van der Waals surface area contributed by atoms with E-state index in [2.05, 4.69) is 0 Å². The van der Waals surface area contributed by atoms with Crippen LogP contribution < -0.4 is 4.74 Å². The summed E-state index contributed by atoms with van der Waals surface area (Å²) >= 11 is 0. The third kappa shape index (κ3) is 4.14. The van der Waals surface area contributed by atoms with Gasteiger partial charge in [-0.25, -0.2) is 8.42 Å². The van der Waals surface area contributed by atoms with Gasteiger partial charge in [-0.05, 0) is 32.9 Å². The Morgan fingerprint density at radius 1 is 1.33 bits per heavy atom. The molecule has 0 atom stereocenters. The molecule has 1 rings (SSSR count). The fourth-order valence-corrected chi connectivity index (χ4v) is 2.10. The molecular formula is C13H18O4S. The maximum atomic E-state index is 11.6. The molecule has 0 bridgehead atoms. The van der Waals surface area contributed by atoms with Crippen LogP contribution in [-0.4, -0.2) is 31.8 Å². The number of carbonyl (C=O) groups is 1. The second-order valence-corrected chi connectivity index (χ2v) is 7.02. The number of rotatable bonds is 6. The van der Waals surface area contributed by atoms with Crippen LogP contribution in [0.3, 0.4) is 0 Å². The summed E-state index contributed by atoms with van der Waals surface area (Å²) < 4.78 is 28.5. The first kappa shape index (κ1) is 14.7. The van der Waals surface area contributed by atoms with Crippen molar-refractivity contribution < 1.29 is 17.9 Å². The smallest absolute Gasteiger partial charge is 0.159 e. The number of ether oxygens (including phenoxy) is 1. The van der Waals surface area contributed by atoms with Crippen molar-refractivity contribution in [1.29, 1.82) is 0 Å². The zero-order valence-corrected chi connectivity index (χ0v) is 11.7. The number of carbonyl (C=O) groups excluding carboxylic acids is 1. The van der Waals surface area contributed by atoms with Crippen molar-refractivity contribution in [1.82, 2.24) is 0 Å². The van der Waals surface area contributed by atoms with Crippen molar-refractivity contribution in [2.45, 2.75) is 26.0 Å². The summed E-state index contributed by atoms with van der Waals surface area (Å²) in [5, 5.41) is -0.398. The van der Waals surface area contributed by atoms with Crippen molar-refractivity contribution in [2.75, 3.05) is 12.4 Å². The number of Topliss-reactive ketones (excluding diaryl/α,β-unsaturated/α-hetero) is 1. The van der Waals surface area contributed by atoms with Gasteiger partial charge in [0.1, 0.15) is 12.4 Å². The van der Waals surface area contributed by atoms with Crippen LogP contribution in [0.4, 0.5) is 0 Å². The number of ketones is 1. The van der Waals surface area contributed by atoms with Gasteiger partial charge in [0.2, 0.25) is 0 Å². The van der Waals surface area contributed by atoms with E-state index in [0.29, 0.717) is 11.3 Å². The fourth-order valence-electron chi connectivity index (χ4n) is 1.32. The Morgan fingerprint density at radius 3 is 2.56 bits per heavy atom. The van der Waals surface area contributed by atoms with E-state index >= 15 is 0 Å². The van der Waals surface area contributed by atoms with Gasteiger partial charge >= 0.3 is 0 Å². The molecule has 0 saturated heterocycles. The molecule has 0 aliphatic carbocycles. The van der Waals surface area contributed by atoms with E-state index in [0.717, 1.165) is 0 Å². The predicted octanol–water partition coefficient (Wildman–Crippen LogP) is 2.09. The van der Waals surface area contributed by atoms with E-state index in [1.165, 1.54) is 6.92 Å². The first-order valence-corrected chi connectivity index (χ1v) is 7.50. The lowest BCUT2D eigenvalue weighted by atomic mass is 10.1. The zero-order chi connectivity index (χ0) is 13.8. The van der Waals surface area contributed by atoms with E-state index in [9.17, 15) is 13.2 Å². The summed E-state index contributed by atoms with van der Waals surface area (Å²) in [5.41, 5.74) is 0.555. The first-order chi connectivity index (χ1) is 8.33. The molecule has 0 aliphatic rings. The van der Waals surface area contributed by atoms with Crippen LogP contribution in [0.15, 0.2) is 24.3 Å². The van der Waals surface area contributed by atoms with Gasteiger partial charge in [0, 0.05) is 5.56 Å². The molecule has 4 nitrogen and oxygen atoms in total. The Bertz CT molecular complexity index is 518. The lowest BCUT2D eigenvalue weighted by Crippen LogP contribution is -2.22. The molecule has 0 aromatic heterocycles. The summed E-state index contributed by atoms with van der Waals surface area (Å²) in [7, 11) is -3.09. The maximum absolute atomic E-state index is 11.6. The largest absolute Gasteiger partial charge is 0.493 e. The van der Waals surface area contributed by atoms with Gasteiger partial charge in [0.15, 0.2) is 15.6 Å². The van der Waals surface area contributed by atoms with Crippen molar-refractivity contribution in [3.05, 3.63) is 29.8 Å². The predicted molar refractivity (Wildman–Crippen MR) is 70.9 cm³/mol. The highest BCUT2D eigenvalue weighted by Crippen LogP contribution is 2.14. The average Bonchev–Trinajstić information content (AvgIpc) is 2.29. The molecule has 0 radical (unpaired) electrons. The van der Waals surface area contributed by atoms with Gasteiger partial charge in [0.25, 0.3) is 0 Å². The maximum Gasteiger partial charge on any atom is 0.159 e. The number of sulfone groups is 1. The first-order valence-electron chi connectivity index (χ1n) is 5.78. The van der Waals surface area contributed by atoms with E-state index in [1.54, 1.807) is 38.1 Å². The molecule has 0 spiro atoms. The van der Waals surface area contributed by atoms with Crippen LogP contribution in [0, 0.1) is 0 Å². The van der Waals surface area contributed by atoms with Gasteiger partial charge in [-0.3, -0.25) is 4.79 Å². The normalized spacial score (nSPS) is 11.6. The summed E-state index contributed by atoms with van der Waals surface area (Å²) in [6.07, 6.45) is 0. The Morgan fingerprint density at radius 2 is 2.00 bits per heavy atom. The van der Waals surface area contributed by atoms with E-state index in [1.807, 2.05) is 0 Å². The van der Waals surface area contributed by atoms with Gasteiger partial charge in [-0.15, -0.1) is 0 Å². The highest BCUT2D eigenvalue weighted by Gasteiger charge is 2.15. The Hall–Kier alpha value is -1.36. The molecule has 1 aromatic rings. The number of benzene rings is 1. The summed E-state index contributed by atoms with van der Waals surface area (Å²) in [6, 6.07) is 6.72. The van der Waals surface area contributed by atoms with E-state index in [-0.39, 0.29) is 18.1 Å². The Labute approximate surface area is 108 Å². The van der Waals surface area contributed by atoms with Gasteiger partial charge < -0.3 is 4.74 Å². The van der Waals surface area contributed by atoms with E-state index in [4.69, 9.17) is 4.74 Å². The summed E-state index contributed by atoms with van der Waals surface area (Å²) in [5.74, 6) is 0.450. The monoisotopic (exact) mass is 270 g/mol. The second-order valence-electron chi connectivity index (χ2n) is 4.35. The average molecular weight is 270 g/mol. The highest BCUT2D eigenvalue weighted by molar-refractivity contribution is 7.91. The Balaban J connectivity index is 2.60. The van der Waals surface area contributed by atoms with Crippen LogP contribution in [-0.2, 0) is 9.84 Å². The minimum Gasteiger partial charge on any atom is -0.493 e. The lowest BCUT2D eigenvalue weighted by molar-refractivity contribution is 0.101. The SMILES string of the molecule is CC(=O)c1cccc(OCCS(=O)(=O)C(C)C)c1. The van der Waals surface area contributed by atoms with Crippen molar-refractivity contribution >= 4 is 15.6 Å². The molecule has 0 fully saturated rings. The molecule has 0 amide bonds. The highest BCUT2D eigenvalue weighted by atomic mass is 32.2. The topological polar surface area (TPSA) is 60.4 Å². The van der Waals surface area contributed by atoms with Crippen LogP contribution >= 0.6 is 0 Å².